The molecule has 0 fully saturated rings. The summed E-state index contributed by atoms with van der Waals surface area (Å²) in [5, 5.41) is 25.9. The lowest BCUT2D eigenvalue weighted by atomic mass is 10.2. The van der Waals surface area contributed by atoms with Crippen LogP contribution >= 0.6 is 11.8 Å². The zero-order valence-electron chi connectivity index (χ0n) is 11.6. The highest BCUT2D eigenvalue weighted by Crippen LogP contribution is 2.13. The van der Waals surface area contributed by atoms with Crippen molar-refractivity contribution in [3.05, 3.63) is 39.9 Å². The van der Waals surface area contributed by atoms with Gasteiger partial charge in [-0.15, -0.1) is 5.10 Å². The Morgan fingerprint density at radius 2 is 2.14 bits per heavy atom. The number of aromatic nitrogens is 4. The van der Waals surface area contributed by atoms with Crippen LogP contribution < -0.4 is 5.32 Å². The fraction of sp³-hybridized carbons (Fsp3) is 0.417. The number of nitro groups is 1. The smallest absolute Gasteiger partial charge is 0.269 e. The van der Waals surface area contributed by atoms with Gasteiger partial charge in [0.2, 0.25) is 5.16 Å². The Bertz CT molecular complexity index is 586. The third-order valence-corrected chi connectivity index (χ3v) is 3.88. The summed E-state index contributed by atoms with van der Waals surface area (Å²) < 4.78 is 1.65. The van der Waals surface area contributed by atoms with Crippen LogP contribution in [0.3, 0.4) is 0 Å². The first-order chi connectivity index (χ1) is 10.2. The van der Waals surface area contributed by atoms with Gasteiger partial charge in [-0.05, 0) is 29.0 Å². The maximum absolute atomic E-state index is 10.5. The number of benzene rings is 1. The van der Waals surface area contributed by atoms with Crippen molar-refractivity contribution in [1.82, 2.24) is 25.5 Å². The van der Waals surface area contributed by atoms with E-state index in [1.54, 1.807) is 28.6 Å². The van der Waals surface area contributed by atoms with E-state index in [1.807, 2.05) is 7.05 Å². The van der Waals surface area contributed by atoms with Crippen molar-refractivity contribution in [2.75, 3.05) is 12.3 Å². The molecule has 0 amide bonds. The molecule has 0 unspecified atom stereocenters. The van der Waals surface area contributed by atoms with Gasteiger partial charge in [-0.2, -0.15) is 0 Å². The number of non-ortho nitro benzene ring substituents is 1. The van der Waals surface area contributed by atoms with Crippen LogP contribution in [0.15, 0.2) is 29.4 Å². The summed E-state index contributed by atoms with van der Waals surface area (Å²) in [6, 6.07) is 6.58. The van der Waals surface area contributed by atoms with Gasteiger partial charge in [0.15, 0.2) is 0 Å². The van der Waals surface area contributed by atoms with Crippen LogP contribution in [-0.2, 0) is 13.6 Å². The van der Waals surface area contributed by atoms with E-state index in [4.69, 9.17) is 0 Å². The molecule has 21 heavy (non-hydrogen) atoms. The number of nitrogens with zero attached hydrogens (tertiary/aromatic N) is 5. The number of thioether (sulfide) groups is 1. The highest BCUT2D eigenvalue weighted by molar-refractivity contribution is 7.99. The van der Waals surface area contributed by atoms with Crippen LogP contribution in [-0.4, -0.2) is 37.4 Å². The minimum absolute atomic E-state index is 0.118. The van der Waals surface area contributed by atoms with Crippen molar-refractivity contribution in [3.8, 4) is 0 Å². The van der Waals surface area contributed by atoms with E-state index in [2.05, 4.69) is 20.8 Å². The molecule has 8 nitrogen and oxygen atoms in total. The lowest BCUT2D eigenvalue weighted by Gasteiger charge is -2.04. The predicted octanol–water partition coefficient (Wildman–Crippen LogP) is 1.39. The first-order valence-corrected chi connectivity index (χ1v) is 7.44. The molecule has 0 radical (unpaired) electrons. The quantitative estimate of drug-likeness (QED) is 0.340. The number of hydrogen-bond donors (Lipinski definition) is 1. The fourth-order valence-electron chi connectivity index (χ4n) is 1.67. The lowest BCUT2D eigenvalue weighted by molar-refractivity contribution is -0.384. The van der Waals surface area contributed by atoms with Crippen LogP contribution in [0, 0.1) is 10.1 Å². The van der Waals surface area contributed by atoms with Gasteiger partial charge in [-0.1, -0.05) is 23.9 Å². The molecule has 1 aromatic carbocycles. The van der Waals surface area contributed by atoms with Crippen molar-refractivity contribution >= 4 is 17.4 Å². The second kappa shape index (κ2) is 7.70. The Hall–Kier alpha value is -2.00. The van der Waals surface area contributed by atoms with Gasteiger partial charge in [-0.25, -0.2) is 4.68 Å². The first-order valence-electron chi connectivity index (χ1n) is 6.46. The van der Waals surface area contributed by atoms with Crippen LogP contribution in [0.2, 0.25) is 0 Å². The average Bonchev–Trinajstić information content (AvgIpc) is 2.88. The van der Waals surface area contributed by atoms with Crippen molar-refractivity contribution in [2.24, 2.45) is 7.05 Å². The van der Waals surface area contributed by atoms with Crippen LogP contribution in [0.5, 0.6) is 0 Å². The summed E-state index contributed by atoms with van der Waals surface area (Å²) >= 11 is 1.62. The van der Waals surface area contributed by atoms with Gasteiger partial charge < -0.3 is 5.32 Å². The number of rotatable bonds is 8. The standard InChI is InChI=1S/C12H16N6O2S/c1-17-12(14-15-16-17)21-8-2-7-13-9-10-3-5-11(6-4-10)18(19)20/h3-6,13H,2,7-9H2,1H3. The third-order valence-electron chi connectivity index (χ3n) is 2.79. The lowest BCUT2D eigenvalue weighted by Crippen LogP contribution is -2.15. The molecule has 1 aromatic heterocycles. The maximum atomic E-state index is 10.5. The second-order valence-corrected chi connectivity index (χ2v) is 5.45. The number of hydrogen-bond acceptors (Lipinski definition) is 7. The van der Waals surface area contributed by atoms with E-state index in [0.717, 1.165) is 29.4 Å². The molecule has 0 aliphatic carbocycles. The monoisotopic (exact) mass is 308 g/mol. The fourth-order valence-corrected chi connectivity index (χ4v) is 2.46. The average molecular weight is 308 g/mol. The number of nitrogens with one attached hydrogen (secondary N) is 1. The van der Waals surface area contributed by atoms with E-state index in [0.29, 0.717) is 6.54 Å². The second-order valence-electron chi connectivity index (χ2n) is 4.39. The highest BCUT2D eigenvalue weighted by atomic mass is 32.2. The molecule has 9 heteroatoms. The van der Waals surface area contributed by atoms with E-state index in [1.165, 1.54) is 12.1 Å². The number of nitro benzene ring substituents is 1. The summed E-state index contributed by atoms with van der Waals surface area (Å²) in [5.74, 6) is 0.932. The zero-order valence-corrected chi connectivity index (χ0v) is 12.4. The molecule has 0 aliphatic rings. The summed E-state index contributed by atoms with van der Waals surface area (Å²) in [5.41, 5.74) is 1.15. The first kappa shape index (κ1) is 15.4. The molecule has 0 spiro atoms. The Balaban J connectivity index is 1.61. The third kappa shape index (κ3) is 4.80. The number of aryl methyl sites for hydroxylation is 1. The van der Waals surface area contributed by atoms with Crippen LogP contribution in [0.4, 0.5) is 5.69 Å². The van der Waals surface area contributed by atoms with E-state index >= 15 is 0 Å². The van der Waals surface area contributed by atoms with Gasteiger partial charge in [0.1, 0.15) is 0 Å². The Morgan fingerprint density at radius 3 is 2.76 bits per heavy atom. The van der Waals surface area contributed by atoms with Gasteiger partial charge in [-0.3, -0.25) is 10.1 Å². The van der Waals surface area contributed by atoms with Gasteiger partial charge in [0.05, 0.1) is 4.92 Å². The topological polar surface area (TPSA) is 98.8 Å². The molecule has 1 N–H and O–H groups in total. The molecular weight excluding hydrogens is 292 g/mol. The Labute approximate surface area is 126 Å². The minimum Gasteiger partial charge on any atom is -0.313 e. The zero-order chi connectivity index (χ0) is 15.1. The molecule has 0 saturated carbocycles. The SMILES string of the molecule is Cn1nnnc1SCCCNCc1ccc([N+](=O)[O-])cc1. The predicted molar refractivity (Wildman–Crippen MR) is 78.9 cm³/mol. The van der Waals surface area contributed by atoms with E-state index in [-0.39, 0.29) is 5.69 Å². The minimum atomic E-state index is -0.393. The molecule has 0 atom stereocenters. The molecule has 1 heterocycles. The molecule has 2 aromatic rings. The molecular formula is C12H16N6O2S. The molecule has 0 saturated heterocycles. The highest BCUT2D eigenvalue weighted by Gasteiger charge is 2.04. The van der Waals surface area contributed by atoms with Crippen LogP contribution in [0.1, 0.15) is 12.0 Å². The van der Waals surface area contributed by atoms with Crippen molar-refractivity contribution in [1.29, 1.82) is 0 Å². The van der Waals surface area contributed by atoms with E-state index < -0.39 is 4.92 Å². The number of tetrazole rings is 1. The molecule has 2 rings (SSSR count). The van der Waals surface area contributed by atoms with E-state index in [9.17, 15) is 10.1 Å². The molecule has 0 bridgehead atoms. The van der Waals surface area contributed by atoms with Gasteiger partial charge >= 0.3 is 0 Å². The van der Waals surface area contributed by atoms with Crippen molar-refractivity contribution in [3.63, 3.8) is 0 Å². The van der Waals surface area contributed by atoms with Gasteiger partial charge in [0, 0.05) is 31.5 Å². The normalized spacial score (nSPS) is 10.7. The Morgan fingerprint density at radius 1 is 1.38 bits per heavy atom. The van der Waals surface area contributed by atoms with Crippen LogP contribution in [0.25, 0.3) is 0 Å². The van der Waals surface area contributed by atoms with Crippen molar-refractivity contribution < 1.29 is 4.92 Å². The van der Waals surface area contributed by atoms with Crippen molar-refractivity contribution in [2.45, 2.75) is 18.1 Å². The summed E-state index contributed by atoms with van der Waals surface area (Å²) in [4.78, 5) is 10.1. The summed E-state index contributed by atoms with van der Waals surface area (Å²) in [7, 11) is 1.81. The summed E-state index contributed by atoms with van der Waals surface area (Å²) in [6.07, 6.45) is 0.991. The molecule has 112 valence electrons. The molecule has 0 aliphatic heterocycles. The maximum Gasteiger partial charge on any atom is 0.269 e. The van der Waals surface area contributed by atoms with Gasteiger partial charge in [0.25, 0.3) is 5.69 Å². The largest absolute Gasteiger partial charge is 0.313 e. The summed E-state index contributed by atoms with van der Waals surface area (Å²) in [6.45, 7) is 1.57. The Kier molecular flexibility index (Phi) is 5.64.